The molecule has 0 aromatic heterocycles. The third-order valence-electron chi connectivity index (χ3n) is 22.0. The minimum absolute atomic E-state index is 0.121. The van der Waals surface area contributed by atoms with Crippen LogP contribution < -0.4 is 21.3 Å². The number of nitrogens with one attached hydrogen (secondary N) is 4. The van der Waals surface area contributed by atoms with Gasteiger partial charge in [0, 0.05) is 46.5 Å². The van der Waals surface area contributed by atoms with Crippen molar-refractivity contribution in [1.82, 2.24) is 21.3 Å². The molecule has 5 fully saturated rings. The fraction of sp³-hybridized carbons (Fsp3) is 0.883. The van der Waals surface area contributed by atoms with Gasteiger partial charge in [0.25, 0.3) is 17.4 Å². The van der Waals surface area contributed by atoms with E-state index in [0.717, 1.165) is 85.0 Å². The fourth-order valence-electron chi connectivity index (χ4n) is 15.4. The van der Waals surface area contributed by atoms with Crippen LogP contribution in [-0.2, 0) is 80.9 Å². The SMILES string of the molecule is CCCCCCCCCCCCCC=CC(O)C(COC1OC(CO)C(OC2OC(CO)C(O)C(OC3(C(=O)O)CC(O)C(NC(C)=O)C(C(O)C(CO)OC4(C(=O)O)CC(O)C(NC(C)=O)C(C(O)C(CO)OC5(C(=O)O)CC(O)C(NC(C)=O)C(C(O)C(O)CO)O5)O4)O3)C2O)C(O)C1O)NC(=O)CCCCCCCCCCCCC. The normalized spacial score (nSPS) is 33.5. The summed E-state index contributed by atoms with van der Waals surface area (Å²) in [4.78, 5) is 92.0. The van der Waals surface area contributed by atoms with Gasteiger partial charge in [-0.1, -0.05) is 154 Å². The first-order valence-electron chi connectivity index (χ1n) is 41.3. The Morgan fingerprint density at radius 2 is 0.847 bits per heavy atom. The number of amides is 4. The highest BCUT2D eigenvalue weighted by Crippen LogP contribution is 2.43. The smallest absolute Gasteiger partial charge is 0.364 e. The molecular formula is C77H134N4O37. The minimum atomic E-state index is -3.57. The molecule has 0 spiro atoms. The van der Waals surface area contributed by atoms with E-state index in [0.29, 0.717) is 12.8 Å². The van der Waals surface area contributed by atoms with Crippen LogP contribution in [0, 0.1) is 0 Å². The van der Waals surface area contributed by atoms with Crippen LogP contribution in [0.5, 0.6) is 0 Å². The summed E-state index contributed by atoms with van der Waals surface area (Å²) >= 11 is 0. The van der Waals surface area contributed by atoms with Crippen molar-refractivity contribution in [3.05, 3.63) is 12.2 Å². The van der Waals surface area contributed by atoms with Gasteiger partial charge < -0.3 is 171 Å². The molecule has 5 aliphatic rings. The van der Waals surface area contributed by atoms with Gasteiger partial charge in [0.2, 0.25) is 23.6 Å². The molecule has 684 valence electrons. The second kappa shape index (κ2) is 51.3. The van der Waals surface area contributed by atoms with Gasteiger partial charge >= 0.3 is 17.9 Å². The van der Waals surface area contributed by atoms with Crippen LogP contribution in [-0.4, -0.2) is 366 Å². The summed E-state index contributed by atoms with van der Waals surface area (Å²) in [5, 5.41) is 234. The lowest BCUT2D eigenvalue weighted by Gasteiger charge is -2.51. The first-order chi connectivity index (χ1) is 56.0. The standard InChI is InChI=1S/C77H134N4O37/c1-6-8-10-12-14-16-18-19-21-22-24-26-28-30-45(90)44(81-54(95)31-29-27-25-23-20-17-15-13-11-9-7-2)40-109-70-63(101)62(100)65(53(39-86)111-70)112-71-64(102)69(59(97)50(36-83)110-71)118-77(74(107)108)34-48(93)57(80-43(5)89)68(117-77)61(99)52(38-85)114-76(73(105)106)33-47(92)56(79-42(4)88)67(116-76)60(98)51(37-84)113-75(72(103)104)32-46(91)55(78-41(3)87)66(115-75)58(96)49(94)35-82/h28,30,44-53,55-71,82-86,90-94,96-102H,6-27,29,31-40H2,1-5H3,(H,78,87)(H,79,88)(H,80,89)(H,81,95)(H,103,104)(H,105,106)(H,107,108). The molecule has 30 unspecified atom stereocenters. The molecule has 0 bridgehead atoms. The lowest BCUT2D eigenvalue weighted by molar-refractivity contribution is -0.388. The van der Waals surface area contributed by atoms with Crippen LogP contribution in [0.1, 0.15) is 208 Å². The van der Waals surface area contributed by atoms with Gasteiger partial charge in [-0.05, 0) is 19.3 Å². The predicted octanol–water partition coefficient (Wildman–Crippen LogP) is -4.05. The molecule has 0 radical (unpaired) electrons. The maximum atomic E-state index is 13.8. The second-order valence-corrected chi connectivity index (χ2v) is 31.4. The Kier molecular flexibility index (Phi) is 45.0. The summed E-state index contributed by atoms with van der Waals surface area (Å²) in [6.45, 7) is -0.129. The number of hydrogen-bond acceptors (Lipinski definition) is 34. The number of aliphatic hydroxyl groups excluding tert-OH is 17. The van der Waals surface area contributed by atoms with E-state index in [1.54, 1.807) is 6.08 Å². The average molecular weight is 1710 g/mol. The third kappa shape index (κ3) is 29.6. The molecule has 5 heterocycles. The van der Waals surface area contributed by atoms with Gasteiger partial charge in [-0.3, -0.25) is 19.2 Å². The number of aliphatic carboxylic acids is 3. The first-order valence-corrected chi connectivity index (χ1v) is 41.3. The molecule has 30 atom stereocenters. The lowest BCUT2D eigenvalue weighted by Crippen LogP contribution is -2.72. The van der Waals surface area contributed by atoms with Gasteiger partial charge in [0.15, 0.2) is 12.6 Å². The van der Waals surface area contributed by atoms with Gasteiger partial charge in [0.05, 0.1) is 88.2 Å². The number of rotatable bonds is 55. The molecule has 5 rings (SSSR count). The molecule has 41 heteroatoms. The van der Waals surface area contributed by atoms with Crippen LogP contribution in [0.3, 0.4) is 0 Å². The average Bonchev–Trinajstić information content (AvgIpc) is 0.762. The zero-order valence-electron chi connectivity index (χ0n) is 68.0. The fourth-order valence-corrected chi connectivity index (χ4v) is 15.4. The summed E-state index contributed by atoms with van der Waals surface area (Å²) in [7, 11) is 0. The van der Waals surface area contributed by atoms with Crippen molar-refractivity contribution in [2.24, 2.45) is 0 Å². The number of carboxylic acids is 3. The van der Waals surface area contributed by atoms with Crippen molar-refractivity contribution in [1.29, 1.82) is 0 Å². The van der Waals surface area contributed by atoms with E-state index < -0.39 is 283 Å². The maximum Gasteiger partial charge on any atom is 0.364 e. The van der Waals surface area contributed by atoms with E-state index in [1.807, 2.05) is 0 Å². The van der Waals surface area contributed by atoms with Crippen molar-refractivity contribution in [3.8, 4) is 0 Å². The molecule has 41 nitrogen and oxygen atoms in total. The third-order valence-corrected chi connectivity index (χ3v) is 22.0. The maximum absolute atomic E-state index is 13.8. The molecular weight excluding hydrogens is 1570 g/mol. The number of hydrogen-bond donors (Lipinski definition) is 24. The van der Waals surface area contributed by atoms with Crippen molar-refractivity contribution < 1.29 is 183 Å². The van der Waals surface area contributed by atoms with E-state index in [-0.39, 0.29) is 6.42 Å². The molecule has 0 aromatic carbocycles. The Bertz CT molecular complexity index is 3030. The van der Waals surface area contributed by atoms with Crippen LogP contribution >= 0.6 is 0 Å². The topological polar surface area (TPSA) is 665 Å². The van der Waals surface area contributed by atoms with Crippen LogP contribution in [0.25, 0.3) is 0 Å². The Morgan fingerprint density at radius 3 is 1.25 bits per heavy atom. The molecule has 0 aromatic rings. The number of carbonyl (C=O) groups is 7. The van der Waals surface area contributed by atoms with E-state index in [1.165, 1.54) is 76.7 Å². The Labute approximate surface area is 685 Å². The molecule has 0 saturated carbocycles. The highest BCUT2D eigenvalue weighted by atomic mass is 16.8. The second-order valence-electron chi connectivity index (χ2n) is 31.4. The lowest BCUT2D eigenvalue weighted by atomic mass is 9.86. The van der Waals surface area contributed by atoms with E-state index >= 15 is 0 Å². The van der Waals surface area contributed by atoms with Crippen molar-refractivity contribution in [2.75, 3.05) is 39.6 Å². The predicted molar refractivity (Wildman–Crippen MR) is 406 cm³/mol. The van der Waals surface area contributed by atoms with E-state index in [2.05, 4.69) is 35.1 Å². The van der Waals surface area contributed by atoms with Crippen LogP contribution in [0.2, 0.25) is 0 Å². The minimum Gasteiger partial charge on any atom is -0.477 e. The molecule has 5 saturated heterocycles. The number of ether oxygens (including phenoxy) is 10. The summed E-state index contributed by atoms with van der Waals surface area (Å²) < 4.78 is 58.1. The number of aliphatic hydroxyl groups is 17. The van der Waals surface area contributed by atoms with Gasteiger partial charge in [-0.2, -0.15) is 0 Å². The van der Waals surface area contributed by atoms with E-state index in [4.69, 9.17) is 47.4 Å². The zero-order chi connectivity index (χ0) is 87.8. The van der Waals surface area contributed by atoms with Crippen molar-refractivity contribution in [2.45, 2.75) is 390 Å². The van der Waals surface area contributed by atoms with Crippen LogP contribution in [0.15, 0.2) is 12.2 Å². The molecule has 4 amide bonds. The van der Waals surface area contributed by atoms with Crippen molar-refractivity contribution in [3.63, 3.8) is 0 Å². The summed E-state index contributed by atoms with van der Waals surface area (Å²) in [6, 6.07) is -7.02. The Hall–Kier alpha value is -5.05. The summed E-state index contributed by atoms with van der Waals surface area (Å²) in [5.74, 6) is -20.6. The number of allylic oxidation sites excluding steroid dienone is 1. The molecule has 24 N–H and O–H groups in total. The number of carbonyl (C=O) groups excluding carboxylic acids is 4. The highest BCUT2D eigenvalue weighted by molar-refractivity contribution is 5.79. The van der Waals surface area contributed by atoms with Gasteiger partial charge in [-0.15, -0.1) is 0 Å². The molecule has 118 heavy (non-hydrogen) atoms. The van der Waals surface area contributed by atoms with Gasteiger partial charge in [0.1, 0.15) is 104 Å². The summed E-state index contributed by atoms with van der Waals surface area (Å²) in [6.07, 6.45) is -27.8. The van der Waals surface area contributed by atoms with Crippen molar-refractivity contribution >= 4 is 41.5 Å². The number of carboxylic acid groups (broad SMARTS) is 3. The monoisotopic (exact) mass is 1710 g/mol. The Balaban J connectivity index is 1.38. The van der Waals surface area contributed by atoms with Gasteiger partial charge in [-0.25, -0.2) is 14.4 Å². The quantitative estimate of drug-likeness (QED) is 0.0204. The number of unbranched alkanes of at least 4 members (excludes halogenated alkanes) is 21. The largest absolute Gasteiger partial charge is 0.477 e. The summed E-state index contributed by atoms with van der Waals surface area (Å²) in [5.41, 5.74) is 0. The zero-order valence-corrected chi connectivity index (χ0v) is 68.0. The van der Waals surface area contributed by atoms with E-state index in [9.17, 15) is 136 Å². The highest BCUT2D eigenvalue weighted by Gasteiger charge is 2.64. The molecule has 0 aliphatic carbocycles. The molecule has 5 aliphatic heterocycles. The Morgan fingerprint density at radius 1 is 0.458 bits per heavy atom. The van der Waals surface area contributed by atoms with Crippen LogP contribution in [0.4, 0.5) is 0 Å². The first kappa shape index (κ1) is 103.